The minimum absolute atomic E-state index is 0.0112. The van der Waals surface area contributed by atoms with Gasteiger partial charge in [-0.15, -0.1) is 0 Å². The Kier molecular flexibility index (Phi) is 5.05. The Bertz CT molecular complexity index is 1030. The number of amides is 1. The molecular formula is C22H20BrN3O2. The Morgan fingerprint density at radius 1 is 1.14 bits per heavy atom. The molecule has 0 saturated heterocycles. The highest BCUT2D eigenvalue weighted by atomic mass is 79.9. The van der Waals surface area contributed by atoms with Crippen LogP contribution in [0.4, 0.5) is 5.82 Å². The fourth-order valence-corrected chi connectivity index (χ4v) is 3.95. The molecule has 1 amide bonds. The number of hydrogen-bond donors (Lipinski definition) is 1. The molecule has 1 aliphatic heterocycles. The molecule has 3 aromatic rings. The van der Waals surface area contributed by atoms with Crippen molar-refractivity contribution in [2.24, 2.45) is 0 Å². The number of carbonyl (C=O) groups is 1. The van der Waals surface area contributed by atoms with Crippen LogP contribution in [0.5, 0.6) is 5.75 Å². The van der Waals surface area contributed by atoms with Gasteiger partial charge in [-0.3, -0.25) is 4.79 Å². The highest BCUT2D eigenvalue weighted by Crippen LogP contribution is 2.30. The minimum Gasteiger partial charge on any atom is -0.491 e. The molecule has 2 N–H and O–H groups in total. The summed E-state index contributed by atoms with van der Waals surface area (Å²) in [5, 5.41) is 0. The van der Waals surface area contributed by atoms with E-state index in [1.807, 2.05) is 48.2 Å². The van der Waals surface area contributed by atoms with Crippen LogP contribution in [0.15, 0.2) is 59.2 Å². The molecule has 0 saturated carbocycles. The van der Waals surface area contributed by atoms with Gasteiger partial charge in [0.2, 0.25) is 0 Å². The number of ether oxygens (including phenoxy) is 1. The van der Waals surface area contributed by atoms with Crippen molar-refractivity contribution in [2.45, 2.75) is 13.5 Å². The van der Waals surface area contributed by atoms with Gasteiger partial charge in [0.15, 0.2) is 0 Å². The van der Waals surface area contributed by atoms with Crippen LogP contribution < -0.4 is 10.5 Å². The van der Waals surface area contributed by atoms with Gasteiger partial charge in [-0.2, -0.15) is 0 Å². The van der Waals surface area contributed by atoms with Gasteiger partial charge in [-0.25, -0.2) is 4.98 Å². The summed E-state index contributed by atoms with van der Waals surface area (Å²) >= 11 is 3.52. The maximum Gasteiger partial charge on any atom is 0.255 e. The van der Waals surface area contributed by atoms with Crippen LogP contribution in [0.3, 0.4) is 0 Å². The fraction of sp³-hybridized carbons (Fsp3) is 0.182. The molecule has 28 heavy (non-hydrogen) atoms. The average molecular weight is 438 g/mol. The number of benzene rings is 2. The normalized spacial score (nSPS) is 13.4. The fourth-order valence-electron chi connectivity index (χ4n) is 3.29. The smallest absolute Gasteiger partial charge is 0.255 e. The van der Waals surface area contributed by atoms with Gasteiger partial charge in [0.05, 0.1) is 12.1 Å². The third-order valence-corrected chi connectivity index (χ3v) is 5.46. The van der Waals surface area contributed by atoms with Gasteiger partial charge in [0.25, 0.3) is 5.91 Å². The van der Waals surface area contributed by atoms with Gasteiger partial charge in [0.1, 0.15) is 18.2 Å². The maximum absolute atomic E-state index is 13.1. The first-order chi connectivity index (χ1) is 13.5. The van der Waals surface area contributed by atoms with E-state index in [9.17, 15) is 4.79 Å². The molecule has 1 aliphatic rings. The summed E-state index contributed by atoms with van der Waals surface area (Å²) in [7, 11) is 0. The Morgan fingerprint density at radius 2 is 1.96 bits per heavy atom. The summed E-state index contributed by atoms with van der Waals surface area (Å²) in [6.07, 6.45) is 1.75. The predicted molar refractivity (Wildman–Crippen MR) is 113 cm³/mol. The first kappa shape index (κ1) is 18.5. The highest BCUT2D eigenvalue weighted by molar-refractivity contribution is 9.10. The molecule has 0 radical (unpaired) electrons. The summed E-state index contributed by atoms with van der Waals surface area (Å²) in [6.45, 7) is 3.49. The molecule has 2 aromatic carbocycles. The number of carbonyl (C=O) groups excluding carboxylic acids is 1. The lowest BCUT2D eigenvalue weighted by molar-refractivity contribution is 0.0732. The lowest BCUT2D eigenvalue weighted by Gasteiger charge is -2.21. The average Bonchev–Trinajstić information content (AvgIpc) is 2.90. The number of fused-ring (bicyclic) bond motifs is 1. The second kappa shape index (κ2) is 7.64. The van der Waals surface area contributed by atoms with E-state index in [4.69, 9.17) is 10.5 Å². The molecule has 142 valence electrons. The summed E-state index contributed by atoms with van der Waals surface area (Å²) < 4.78 is 6.69. The van der Waals surface area contributed by atoms with Crippen LogP contribution >= 0.6 is 15.9 Å². The van der Waals surface area contributed by atoms with Crippen molar-refractivity contribution < 1.29 is 9.53 Å². The molecule has 4 rings (SSSR count). The lowest BCUT2D eigenvalue weighted by Crippen LogP contribution is -2.32. The topological polar surface area (TPSA) is 68.5 Å². The van der Waals surface area contributed by atoms with Crippen molar-refractivity contribution in [1.29, 1.82) is 0 Å². The number of halogens is 1. The Hall–Kier alpha value is -2.86. The SMILES string of the molecule is Cc1ccc(C(=O)N2CCOc3ccc(-c4ccc(N)nc4)cc3C2)c(Br)c1. The summed E-state index contributed by atoms with van der Waals surface area (Å²) in [5.41, 5.74) is 10.4. The van der Waals surface area contributed by atoms with Crippen LogP contribution in [0.1, 0.15) is 21.5 Å². The Labute approximate surface area is 172 Å². The van der Waals surface area contributed by atoms with Crippen molar-refractivity contribution in [3.63, 3.8) is 0 Å². The standard InChI is InChI=1S/C22H20BrN3O2/c1-14-2-5-18(19(23)10-14)22(27)26-8-9-28-20-6-3-15(11-17(20)13-26)16-4-7-21(24)25-12-16/h2-7,10-12H,8-9,13H2,1H3,(H2,24,25). The van der Waals surface area contributed by atoms with E-state index < -0.39 is 0 Å². The lowest BCUT2D eigenvalue weighted by atomic mass is 10.0. The Morgan fingerprint density at radius 3 is 2.71 bits per heavy atom. The zero-order chi connectivity index (χ0) is 19.7. The monoisotopic (exact) mass is 437 g/mol. The second-order valence-corrected chi connectivity index (χ2v) is 7.71. The molecule has 6 heteroatoms. The third kappa shape index (κ3) is 3.73. The number of hydrogen-bond acceptors (Lipinski definition) is 4. The van der Waals surface area contributed by atoms with Crippen molar-refractivity contribution in [3.8, 4) is 16.9 Å². The van der Waals surface area contributed by atoms with Crippen LogP contribution in [-0.4, -0.2) is 28.9 Å². The first-order valence-corrected chi connectivity index (χ1v) is 9.83. The van der Waals surface area contributed by atoms with Gasteiger partial charge in [-0.05, 0) is 70.4 Å². The third-order valence-electron chi connectivity index (χ3n) is 4.80. The number of aryl methyl sites for hydroxylation is 1. The molecule has 0 spiro atoms. The summed E-state index contributed by atoms with van der Waals surface area (Å²) in [6, 6.07) is 15.5. The van der Waals surface area contributed by atoms with E-state index in [0.717, 1.165) is 32.5 Å². The maximum atomic E-state index is 13.1. The van der Waals surface area contributed by atoms with Crippen LogP contribution in [0, 0.1) is 6.92 Å². The summed E-state index contributed by atoms with van der Waals surface area (Å²) in [4.78, 5) is 19.1. The van der Waals surface area contributed by atoms with Crippen molar-refractivity contribution >= 4 is 27.7 Å². The zero-order valence-electron chi connectivity index (χ0n) is 15.5. The van der Waals surface area contributed by atoms with E-state index >= 15 is 0 Å². The molecule has 2 heterocycles. The highest BCUT2D eigenvalue weighted by Gasteiger charge is 2.23. The van der Waals surface area contributed by atoms with Crippen molar-refractivity contribution in [1.82, 2.24) is 9.88 Å². The molecule has 5 nitrogen and oxygen atoms in total. The predicted octanol–water partition coefficient (Wildman–Crippen LogP) is 4.44. The van der Waals surface area contributed by atoms with E-state index in [2.05, 4.69) is 27.0 Å². The van der Waals surface area contributed by atoms with Crippen molar-refractivity contribution in [2.75, 3.05) is 18.9 Å². The second-order valence-electron chi connectivity index (χ2n) is 6.85. The van der Waals surface area contributed by atoms with E-state index in [0.29, 0.717) is 31.1 Å². The molecule has 0 fully saturated rings. The number of nitrogens with zero attached hydrogens (tertiary/aromatic N) is 2. The molecule has 1 aromatic heterocycles. The number of aromatic nitrogens is 1. The number of pyridine rings is 1. The van der Waals surface area contributed by atoms with Gasteiger partial charge < -0.3 is 15.4 Å². The van der Waals surface area contributed by atoms with E-state index in [-0.39, 0.29) is 5.91 Å². The molecule has 0 unspecified atom stereocenters. The number of rotatable bonds is 2. The minimum atomic E-state index is -0.0112. The van der Waals surface area contributed by atoms with Gasteiger partial charge in [-0.1, -0.05) is 12.1 Å². The van der Waals surface area contributed by atoms with Crippen LogP contribution in [-0.2, 0) is 6.54 Å². The van der Waals surface area contributed by atoms with Crippen molar-refractivity contribution in [3.05, 3.63) is 75.9 Å². The van der Waals surface area contributed by atoms with Gasteiger partial charge >= 0.3 is 0 Å². The molecule has 0 bridgehead atoms. The van der Waals surface area contributed by atoms with Gasteiger partial charge in [0, 0.05) is 28.3 Å². The Balaban J connectivity index is 1.64. The van der Waals surface area contributed by atoms with Crippen LogP contribution in [0.2, 0.25) is 0 Å². The molecular weight excluding hydrogens is 418 g/mol. The largest absolute Gasteiger partial charge is 0.491 e. The molecule has 0 atom stereocenters. The van der Waals surface area contributed by atoms with Crippen LogP contribution in [0.25, 0.3) is 11.1 Å². The van der Waals surface area contributed by atoms with E-state index in [1.165, 1.54) is 0 Å². The molecule has 0 aliphatic carbocycles. The van der Waals surface area contributed by atoms with E-state index in [1.54, 1.807) is 12.3 Å². The first-order valence-electron chi connectivity index (χ1n) is 9.04. The summed E-state index contributed by atoms with van der Waals surface area (Å²) in [5.74, 6) is 1.29. The quantitative estimate of drug-likeness (QED) is 0.643. The number of anilines is 1. The zero-order valence-corrected chi connectivity index (χ0v) is 17.1. The number of nitrogen functional groups attached to an aromatic ring is 1. The number of nitrogens with two attached hydrogens (primary N) is 1.